The van der Waals surface area contributed by atoms with E-state index in [1.807, 2.05) is 55.9 Å². The summed E-state index contributed by atoms with van der Waals surface area (Å²) in [5.41, 5.74) is 8.61. The Hall–Kier alpha value is -2.64. The van der Waals surface area contributed by atoms with Crippen LogP contribution in [-0.4, -0.2) is 38.8 Å². The number of amides is 1. The molecule has 1 aliphatic heterocycles. The maximum atomic E-state index is 12.9. The van der Waals surface area contributed by atoms with Gasteiger partial charge in [-0.3, -0.25) is 19.7 Å². The van der Waals surface area contributed by atoms with Crippen molar-refractivity contribution in [3.63, 3.8) is 0 Å². The van der Waals surface area contributed by atoms with E-state index in [2.05, 4.69) is 20.2 Å². The molecule has 3 heterocycles. The summed E-state index contributed by atoms with van der Waals surface area (Å²) in [6.07, 6.45) is 1.93. The number of carbonyl (C=O) groups excluding carboxylic acids is 1. The lowest BCUT2D eigenvalue weighted by atomic mass is 9.96. The third-order valence-corrected chi connectivity index (χ3v) is 6.30. The van der Waals surface area contributed by atoms with E-state index < -0.39 is 0 Å². The molecule has 0 bridgehead atoms. The van der Waals surface area contributed by atoms with E-state index in [4.69, 9.17) is 4.98 Å². The number of piperidine rings is 1. The molecule has 4 rings (SSSR count). The minimum atomic E-state index is -0.0169. The van der Waals surface area contributed by atoms with Crippen LogP contribution in [0.25, 0.3) is 11.3 Å². The van der Waals surface area contributed by atoms with E-state index in [1.54, 1.807) is 11.3 Å². The first-order valence-corrected chi connectivity index (χ1v) is 11.3. The van der Waals surface area contributed by atoms with Crippen LogP contribution >= 0.6 is 11.3 Å². The van der Waals surface area contributed by atoms with Gasteiger partial charge < -0.3 is 5.32 Å². The number of benzene rings is 1. The maximum Gasteiger partial charge on any atom is 0.228 e. The Morgan fingerprint density at radius 2 is 1.90 bits per heavy atom. The summed E-state index contributed by atoms with van der Waals surface area (Å²) in [6, 6.07) is 7.89. The van der Waals surface area contributed by atoms with Crippen LogP contribution < -0.4 is 5.32 Å². The van der Waals surface area contributed by atoms with Crippen LogP contribution in [0.1, 0.15) is 35.6 Å². The number of thiazole rings is 1. The molecule has 1 saturated heterocycles. The molecular formula is C23H27N5OS. The molecule has 0 radical (unpaired) electrons. The van der Waals surface area contributed by atoms with E-state index in [-0.39, 0.29) is 11.8 Å². The van der Waals surface area contributed by atoms with E-state index >= 15 is 0 Å². The lowest BCUT2D eigenvalue weighted by molar-refractivity contribution is -0.121. The Labute approximate surface area is 181 Å². The molecule has 3 aromatic rings. The smallest absolute Gasteiger partial charge is 0.228 e. The first-order valence-electron chi connectivity index (χ1n) is 10.3. The molecule has 1 fully saturated rings. The quantitative estimate of drug-likeness (QED) is 0.662. The van der Waals surface area contributed by atoms with Gasteiger partial charge in [0, 0.05) is 29.7 Å². The van der Waals surface area contributed by atoms with Gasteiger partial charge in [-0.05, 0) is 52.3 Å². The Morgan fingerprint density at radius 3 is 2.63 bits per heavy atom. The van der Waals surface area contributed by atoms with Gasteiger partial charge in [-0.1, -0.05) is 12.1 Å². The normalized spacial score (nSPS) is 17.1. The molecule has 1 aliphatic rings. The van der Waals surface area contributed by atoms with Crippen molar-refractivity contribution in [2.24, 2.45) is 5.92 Å². The van der Waals surface area contributed by atoms with Gasteiger partial charge in [-0.25, -0.2) is 4.98 Å². The maximum absolute atomic E-state index is 12.9. The first-order chi connectivity index (χ1) is 14.5. The number of aromatic nitrogens is 3. The second-order valence-corrected chi connectivity index (χ2v) is 8.66. The Kier molecular flexibility index (Phi) is 6.20. The predicted molar refractivity (Wildman–Crippen MR) is 120 cm³/mol. The van der Waals surface area contributed by atoms with Crippen LogP contribution in [0.5, 0.6) is 0 Å². The van der Waals surface area contributed by atoms with Crippen LogP contribution in [0.4, 0.5) is 5.69 Å². The number of nitrogens with zero attached hydrogens (tertiary/aromatic N) is 4. The topological polar surface area (TPSA) is 71.0 Å². The van der Waals surface area contributed by atoms with Crippen molar-refractivity contribution in [1.82, 2.24) is 19.9 Å². The number of likely N-dealkylation sites (tertiary alicyclic amines) is 1. The number of nitrogens with one attached hydrogen (secondary N) is 1. The van der Waals surface area contributed by atoms with Crippen molar-refractivity contribution in [2.45, 2.75) is 40.2 Å². The predicted octanol–water partition coefficient (Wildman–Crippen LogP) is 4.38. The Balaban J connectivity index is 1.37. The molecule has 0 saturated carbocycles. The van der Waals surface area contributed by atoms with Crippen LogP contribution in [0.3, 0.4) is 0 Å². The molecule has 30 heavy (non-hydrogen) atoms. The van der Waals surface area contributed by atoms with Gasteiger partial charge in [0.25, 0.3) is 0 Å². The fourth-order valence-electron chi connectivity index (χ4n) is 3.86. The van der Waals surface area contributed by atoms with Crippen molar-refractivity contribution in [2.75, 3.05) is 18.4 Å². The highest BCUT2D eigenvalue weighted by Gasteiger charge is 2.26. The van der Waals surface area contributed by atoms with Crippen molar-refractivity contribution in [1.29, 1.82) is 0 Å². The molecule has 1 atom stereocenters. The molecule has 156 valence electrons. The minimum absolute atomic E-state index is 0.0169. The van der Waals surface area contributed by atoms with E-state index in [1.165, 1.54) is 0 Å². The molecule has 1 N–H and O–H groups in total. The number of hydrogen-bond acceptors (Lipinski definition) is 6. The van der Waals surface area contributed by atoms with Gasteiger partial charge >= 0.3 is 0 Å². The summed E-state index contributed by atoms with van der Waals surface area (Å²) >= 11 is 1.58. The van der Waals surface area contributed by atoms with Gasteiger partial charge in [0.2, 0.25) is 5.91 Å². The number of rotatable bonds is 5. The standard InChI is InChI=1S/C23H27N5OS/c1-15-16(2)26-21(17(3)25-15)12-28-10-4-5-19(11-28)23(29)27-20-8-6-18(7-9-20)22-13-30-14-24-22/h6-9,13-14,19H,4-5,10-12H2,1-3H3,(H,27,29). The Bertz CT molecular complexity index is 1020. The number of anilines is 1. The van der Waals surface area contributed by atoms with Crippen molar-refractivity contribution in [3.05, 3.63) is 57.9 Å². The average molecular weight is 422 g/mol. The van der Waals surface area contributed by atoms with Crippen LogP contribution in [0.15, 0.2) is 35.2 Å². The Morgan fingerprint density at radius 1 is 1.13 bits per heavy atom. The lowest BCUT2D eigenvalue weighted by Gasteiger charge is -2.32. The third kappa shape index (κ3) is 4.74. The fourth-order valence-corrected chi connectivity index (χ4v) is 4.42. The highest BCUT2D eigenvalue weighted by atomic mass is 32.1. The van der Waals surface area contributed by atoms with Crippen molar-refractivity contribution >= 4 is 22.9 Å². The third-order valence-electron chi connectivity index (χ3n) is 5.71. The molecule has 2 aromatic heterocycles. The highest BCUT2D eigenvalue weighted by Crippen LogP contribution is 2.23. The van der Waals surface area contributed by atoms with Crippen LogP contribution in [0.2, 0.25) is 0 Å². The average Bonchev–Trinajstić information content (AvgIpc) is 3.28. The molecule has 1 unspecified atom stereocenters. The zero-order valence-electron chi connectivity index (χ0n) is 17.7. The van der Waals surface area contributed by atoms with E-state index in [9.17, 15) is 4.79 Å². The molecule has 0 spiro atoms. The summed E-state index contributed by atoms with van der Waals surface area (Å²) in [4.78, 5) is 28.8. The van der Waals surface area contributed by atoms with E-state index in [0.717, 1.165) is 72.2 Å². The summed E-state index contributed by atoms with van der Waals surface area (Å²) < 4.78 is 0. The summed E-state index contributed by atoms with van der Waals surface area (Å²) in [6.45, 7) is 8.47. The van der Waals surface area contributed by atoms with Gasteiger partial charge in [-0.15, -0.1) is 11.3 Å². The second kappa shape index (κ2) is 9.02. The van der Waals surface area contributed by atoms with Gasteiger partial charge in [0.1, 0.15) is 0 Å². The summed E-state index contributed by atoms with van der Waals surface area (Å²) in [5, 5.41) is 5.10. The number of carbonyl (C=O) groups is 1. The second-order valence-electron chi connectivity index (χ2n) is 7.94. The summed E-state index contributed by atoms with van der Waals surface area (Å²) in [5.74, 6) is 0.0702. The molecule has 7 heteroatoms. The van der Waals surface area contributed by atoms with E-state index in [0.29, 0.717) is 0 Å². The molecule has 1 amide bonds. The zero-order valence-corrected chi connectivity index (χ0v) is 18.5. The largest absolute Gasteiger partial charge is 0.326 e. The zero-order chi connectivity index (χ0) is 21.1. The summed E-state index contributed by atoms with van der Waals surface area (Å²) in [7, 11) is 0. The minimum Gasteiger partial charge on any atom is -0.326 e. The van der Waals surface area contributed by atoms with Gasteiger partial charge in [-0.2, -0.15) is 0 Å². The molecule has 0 aliphatic carbocycles. The lowest BCUT2D eigenvalue weighted by Crippen LogP contribution is -2.40. The molecule has 1 aromatic carbocycles. The van der Waals surface area contributed by atoms with Crippen molar-refractivity contribution < 1.29 is 4.79 Å². The monoisotopic (exact) mass is 421 g/mol. The van der Waals surface area contributed by atoms with Crippen LogP contribution in [0, 0.1) is 26.7 Å². The molecular weight excluding hydrogens is 394 g/mol. The fraction of sp³-hybridized carbons (Fsp3) is 0.391. The van der Waals surface area contributed by atoms with Crippen molar-refractivity contribution in [3.8, 4) is 11.3 Å². The van der Waals surface area contributed by atoms with Crippen LogP contribution in [-0.2, 0) is 11.3 Å². The SMILES string of the molecule is Cc1nc(C)c(CN2CCCC(C(=O)Nc3ccc(-c4cscn4)cc3)C2)nc1C. The number of hydrogen-bond donors (Lipinski definition) is 1. The van der Waals surface area contributed by atoms with Gasteiger partial charge in [0.05, 0.1) is 39.9 Å². The molecule has 6 nitrogen and oxygen atoms in total. The first kappa shape index (κ1) is 20.6. The number of aryl methyl sites for hydroxylation is 3. The van der Waals surface area contributed by atoms with Gasteiger partial charge in [0.15, 0.2) is 0 Å². The highest BCUT2D eigenvalue weighted by molar-refractivity contribution is 7.07.